The van der Waals surface area contributed by atoms with E-state index >= 15 is 0 Å². The summed E-state index contributed by atoms with van der Waals surface area (Å²) in [4.78, 5) is 23.5. The van der Waals surface area contributed by atoms with Crippen molar-refractivity contribution in [2.75, 3.05) is 12.4 Å². The highest BCUT2D eigenvalue weighted by atomic mass is 32.1. The molecule has 0 radical (unpaired) electrons. The molecule has 6 nitrogen and oxygen atoms in total. The van der Waals surface area contributed by atoms with Crippen LogP contribution in [0.25, 0.3) is 0 Å². The lowest BCUT2D eigenvalue weighted by molar-refractivity contribution is -0.116. The third-order valence-corrected chi connectivity index (χ3v) is 3.55. The van der Waals surface area contributed by atoms with Gasteiger partial charge in [0.1, 0.15) is 11.5 Å². The van der Waals surface area contributed by atoms with Crippen LogP contribution in [0.2, 0.25) is 0 Å². The molecule has 2 rings (SSSR count). The van der Waals surface area contributed by atoms with Crippen LogP contribution >= 0.6 is 11.3 Å². The number of esters is 1. The molecule has 0 aliphatic rings. The van der Waals surface area contributed by atoms with Crippen molar-refractivity contribution in [2.45, 2.75) is 20.4 Å². The molecule has 1 amide bonds. The Balaban J connectivity index is 2.07. The first-order valence-corrected chi connectivity index (χ1v) is 6.86. The molecule has 2 aromatic heterocycles. The van der Waals surface area contributed by atoms with Crippen LogP contribution in [-0.2, 0) is 16.1 Å². The Hall–Kier alpha value is -2.15. The number of aromatic nitrogens is 2. The molecule has 0 saturated heterocycles. The van der Waals surface area contributed by atoms with E-state index in [0.717, 1.165) is 11.4 Å². The molecule has 0 atom stereocenters. The van der Waals surface area contributed by atoms with Crippen LogP contribution in [0, 0.1) is 13.8 Å². The molecule has 0 unspecified atom stereocenters. The van der Waals surface area contributed by atoms with Crippen LogP contribution in [0.3, 0.4) is 0 Å². The van der Waals surface area contributed by atoms with Gasteiger partial charge in [-0.05, 0) is 31.4 Å². The number of nitrogens with one attached hydrogen (secondary N) is 1. The quantitative estimate of drug-likeness (QED) is 0.875. The third-order valence-electron chi connectivity index (χ3n) is 2.72. The SMILES string of the molecule is COC(=O)c1ccsc1NC(=O)Cn1nc(C)cc1C. The van der Waals surface area contributed by atoms with E-state index < -0.39 is 5.97 Å². The number of rotatable bonds is 4. The van der Waals surface area contributed by atoms with Gasteiger partial charge >= 0.3 is 5.97 Å². The number of ether oxygens (including phenoxy) is 1. The smallest absolute Gasteiger partial charge is 0.340 e. The van der Waals surface area contributed by atoms with Crippen molar-refractivity contribution >= 4 is 28.2 Å². The summed E-state index contributed by atoms with van der Waals surface area (Å²) in [5.74, 6) is -0.698. The predicted molar refractivity (Wildman–Crippen MR) is 76.0 cm³/mol. The second-order valence-electron chi connectivity index (χ2n) is 4.29. The Morgan fingerprint density at radius 2 is 2.20 bits per heavy atom. The fourth-order valence-corrected chi connectivity index (χ4v) is 2.61. The molecule has 2 aromatic rings. The maximum atomic E-state index is 12.0. The van der Waals surface area contributed by atoms with E-state index in [1.54, 1.807) is 16.1 Å². The van der Waals surface area contributed by atoms with E-state index in [2.05, 4.69) is 15.2 Å². The molecule has 0 bridgehead atoms. The highest BCUT2D eigenvalue weighted by Gasteiger charge is 2.16. The zero-order chi connectivity index (χ0) is 14.7. The maximum absolute atomic E-state index is 12.0. The van der Waals surface area contributed by atoms with Crippen LogP contribution in [0.5, 0.6) is 0 Å². The van der Waals surface area contributed by atoms with Gasteiger partial charge in [-0.2, -0.15) is 5.10 Å². The van der Waals surface area contributed by atoms with E-state index in [1.807, 2.05) is 19.9 Å². The molecule has 0 aliphatic heterocycles. The number of anilines is 1. The van der Waals surface area contributed by atoms with Crippen molar-refractivity contribution in [1.82, 2.24) is 9.78 Å². The van der Waals surface area contributed by atoms with Crippen molar-refractivity contribution in [3.05, 3.63) is 34.5 Å². The molecular formula is C13H15N3O3S. The summed E-state index contributed by atoms with van der Waals surface area (Å²) in [5, 5.41) is 9.15. The number of amides is 1. The standard InChI is InChI=1S/C13H15N3O3S/c1-8-6-9(2)16(15-8)7-11(17)14-12-10(4-5-20-12)13(18)19-3/h4-6H,7H2,1-3H3,(H,14,17). The molecule has 2 heterocycles. The summed E-state index contributed by atoms with van der Waals surface area (Å²) in [5.41, 5.74) is 2.14. The Morgan fingerprint density at radius 1 is 1.45 bits per heavy atom. The van der Waals surface area contributed by atoms with Gasteiger partial charge in [0, 0.05) is 5.69 Å². The number of thiophene rings is 1. The number of nitrogens with zero attached hydrogens (tertiary/aromatic N) is 2. The largest absolute Gasteiger partial charge is 0.465 e. The van der Waals surface area contributed by atoms with E-state index in [4.69, 9.17) is 0 Å². The van der Waals surface area contributed by atoms with Gasteiger partial charge in [-0.15, -0.1) is 11.3 Å². The molecule has 0 saturated carbocycles. The van der Waals surface area contributed by atoms with E-state index in [1.165, 1.54) is 18.4 Å². The van der Waals surface area contributed by atoms with Crippen LogP contribution in [0.15, 0.2) is 17.5 Å². The first-order valence-electron chi connectivity index (χ1n) is 5.98. The summed E-state index contributed by atoms with van der Waals surface area (Å²) in [7, 11) is 1.31. The Morgan fingerprint density at radius 3 is 2.80 bits per heavy atom. The Kier molecular flexibility index (Phi) is 4.19. The highest BCUT2D eigenvalue weighted by molar-refractivity contribution is 7.14. The minimum atomic E-state index is -0.465. The van der Waals surface area contributed by atoms with Gasteiger partial charge in [-0.3, -0.25) is 9.48 Å². The van der Waals surface area contributed by atoms with Crippen LogP contribution < -0.4 is 5.32 Å². The maximum Gasteiger partial charge on any atom is 0.340 e. The van der Waals surface area contributed by atoms with Crippen molar-refractivity contribution in [1.29, 1.82) is 0 Å². The van der Waals surface area contributed by atoms with Crippen molar-refractivity contribution in [3.63, 3.8) is 0 Å². The van der Waals surface area contributed by atoms with Gasteiger partial charge in [0.05, 0.1) is 18.4 Å². The summed E-state index contributed by atoms with van der Waals surface area (Å²) >= 11 is 1.28. The molecule has 0 spiro atoms. The van der Waals surface area contributed by atoms with E-state index in [-0.39, 0.29) is 12.5 Å². The molecule has 0 fully saturated rings. The number of methoxy groups -OCH3 is 1. The van der Waals surface area contributed by atoms with Crippen LogP contribution in [0.1, 0.15) is 21.7 Å². The lowest BCUT2D eigenvalue weighted by atomic mass is 10.3. The number of aryl methyl sites for hydroxylation is 2. The van der Waals surface area contributed by atoms with Crippen LogP contribution in [0.4, 0.5) is 5.00 Å². The molecule has 0 aromatic carbocycles. The minimum Gasteiger partial charge on any atom is -0.465 e. The number of hydrogen-bond acceptors (Lipinski definition) is 5. The monoisotopic (exact) mass is 293 g/mol. The van der Waals surface area contributed by atoms with E-state index in [0.29, 0.717) is 10.6 Å². The molecule has 106 valence electrons. The van der Waals surface area contributed by atoms with Gasteiger partial charge in [-0.1, -0.05) is 0 Å². The average Bonchev–Trinajstić information content (AvgIpc) is 2.96. The van der Waals surface area contributed by atoms with Crippen molar-refractivity contribution in [3.8, 4) is 0 Å². The van der Waals surface area contributed by atoms with Gasteiger partial charge in [0.25, 0.3) is 0 Å². The normalized spacial score (nSPS) is 10.3. The number of carbonyl (C=O) groups excluding carboxylic acids is 2. The summed E-state index contributed by atoms with van der Waals surface area (Å²) in [6.07, 6.45) is 0. The van der Waals surface area contributed by atoms with Gasteiger partial charge in [-0.25, -0.2) is 4.79 Å². The predicted octanol–water partition coefficient (Wildman–Crippen LogP) is 1.99. The molecule has 7 heteroatoms. The van der Waals surface area contributed by atoms with Crippen molar-refractivity contribution in [2.24, 2.45) is 0 Å². The van der Waals surface area contributed by atoms with Gasteiger partial charge in [0.15, 0.2) is 0 Å². The average molecular weight is 293 g/mol. The van der Waals surface area contributed by atoms with Gasteiger partial charge in [0.2, 0.25) is 5.91 Å². The number of carbonyl (C=O) groups is 2. The lowest BCUT2D eigenvalue weighted by Crippen LogP contribution is -2.21. The fraction of sp³-hybridized carbons (Fsp3) is 0.308. The molecular weight excluding hydrogens is 278 g/mol. The highest BCUT2D eigenvalue weighted by Crippen LogP contribution is 2.23. The second-order valence-corrected chi connectivity index (χ2v) is 5.20. The minimum absolute atomic E-state index is 0.109. The third kappa shape index (κ3) is 3.05. The first kappa shape index (κ1) is 14.3. The lowest BCUT2D eigenvalue weighted by Gasteiger charge is -2.06. The van der Waals surface area contributed by atoms with Crippen molar-refractivity contribution < 1.29 is 14.3 Å². The Bertz CT molecular complexity index is 645. The summed E-state index contributed by atoms with van der Waals surface area (Å²) in [6.45, 7) is 3.87. The van der Waals surface area contributed by atoms with E-state index in [9.17, 15) is 9.59 Å². The Labute approximate surface area is 120 Å². The summed E-state index contributed by atoms with van der Waals surface area (Å²) in [6, 6.07) is 3.52. The zero-order valence-electron chi connectivity index (χ0n) is 11.5. The second kappa shape index (κ2) is 5.87. The first-order chi connectivity index (χ1) is 9.51. The van der Waals surface area contributed by atoms with Gasteiger partial charge < -0.3 is 10.1 Å². The summed E-state index contributed by atoms with van der Waals surface area (Å²) < 4.78 is 6.28. The molecule has 0 aliphatic carbocycles. The zero-order valence-corrected chi connectivity index (χ0v) is 12.3. The molecule has 20 heavy (non-hydrogen) atoms. The fourth-order valence-electron chi connectivity index (χ4n) is 1.81. The number of hydrogen-bond donors (Lipinski definition) is 1. The van der Waals surface area contributed by atoms with Crippen LogP contribution in [-0.4, -0.2) is 28.8 Å². The topological polar surface area (TPSA) is 73.2 Å². The molecule has 1 N–H and O–H groups in total.